The van der Waals surface area contributed by atoms with Crippen molar-refractivity contribution in [3.05, 3.63) is 0 Å². The number of carboxylic acid groups (broad SMARTS) is 2. The van der Waals surface area contributed by atoms with Gasteiger partial charge in [-0.05, 0) is 32.6 Å². The lowest BCUT2D eigenvalue weighted by molar-refractivity contribution is -0.149. The average Bonchev–Trinajstić information content (AvgIpc) is 3.23. The number of aliphatic hydroxyl groups excluding tert-OH is 1. The number of aliphatic carboxylic acids is 2. The molecule has 0 bridgehead atoms. The molecular formula is C19H33N7O8. The van der Waals surface area contributed by atoms with Crippen LogP contribution in [-0.2, 0) is 24.0 Å². The predicted octanol–water partition coefficient (Wildman–Crippen LogP) is -3.73. The number of hydrogen-bond acceptors (Lipinski definition) is 8. The second-order valence-electron chi connectivity index (χ2n) is 7.96. The molecule has 3 amide bonds. The molecule has 11 N–H and O–H groups in total. The average molecular weight is 488 g/mol. The number of aliphatic imine (C=N–C) groups is 1. The predicted molar refractivity (Wildman–Crippen MR) is 118 cm³/mol. The molecule has 0 spiro atoms. The van der Waals surface area contributed by atoms with Crippen LogP contribution in [0.15, 0.2) is 4.99 Å². The number of nitrogens with one attached hydrogen (secondary N) is 2. The molecule has 0 aromatic heterocycles. The third-order valence-corrected chi connectivity index (χ3v) is 5.22. The van der Waals surface area contributed by atoms with Crippen molar-refractivity contribution in [1.29, 1.82) is 0 Å². The molecule has 15 nitrogen and oxygen atoms in total. The van der Waals surface area contributed by atoms with Crippen LogP contribution in [0.5, 0.6) is 0 Å². The van der Waals surface area contributed by atoms with Crippen LogP contribution in [0.1, 0.15) is 39.0 Å². The summed E-state index contributed by atoms with van der Waals surface area (Å²) in [5.41, 5.74) is 16.1. The summed E-state index contributed by atoms with van der Waals surface area (Å²) >= 11 is 0. The molecule has 192 valence electrons. The number of carboxylic acids is 2. The molecule has 1 rings (SSSR count). The standard InChI is InChI=1S/C19H33N7O8/c1-9(27)14(20)16(31)25-11(8-13(28)29)15(30)24-10(4-2-6-23-19(21)22)17(32)26-7-3-5-12(26)18(33)34/h9-12,14,27H,2-8,20H2,1H3,(H,24,30)(H,25,31)(H,28,29)(H,33,34)(H4,21,22,23). The Balaban J connectivity index is 3.05. The van der Waals surface area contributed by atoms with Gasteiger partial charge in [0.2, 0.25) is 17.7 Å². The van der Waals surface area contributed by atoms with Crippen molar-refractivity contribution in [3.8, 4) is 0 Å². The quantitative estimate of drug-likeness (QED) is 0.0710. The highest BCUT2D eigenvalue weighted by atomic mass is 16.4. The van der Waals surface area contributed by atoms with Gasteiger partial charge in [-0.2, -0.15) is 0 Å². The Morgan fingerprint density at radius 1 is 1.09 bits per heavy atom. The van der Waals surface area contributed by atoms with E-state index in [1.54, 1.807) is 0 Å². The lowest BCUT2D eigenvalue weighted by atomic mass is 10.1. The maximum Gasteiger partial charge on any atom is 0.326 e. The maximum atomic E-state index is 13.1. The molecule has 1 fully saturated rings. The van der Waals surface area contributed by atoms with E-state index in [0.29, 0.717) is 6.42 Å². The Bertz CT molecular complexity index is 800. The number of carbonyl (C=O) groups is 5. The molecule has 1 aliphatic heterocycles. The first-order chi connectivity index (χ1) is 15.8. The third kappa shape index (κ3) is 8.82. The van der Waals surface area contributed by atoms with Crippen molar-refractivity contribution < 1.29 is 39.3 Å². The van der Waals surface area contributed by atoms with Crippen molar-refractivity contribution in [1.82, 2.24) is 15.5 Å². The fourth-order valence-electron chi connectivity index (χ4n) is 3.39. The largest absolute Gasteiger partial charge is 0.481 e. The molecule has 1 aliphatic rings. The van der Waals surface area contributed by atoms with Crippen LogP contribution in [-0.4, -0.2) is 99.2 Å². The Morgan fingerprint density at radius 2 is 1.71 bits per heavy atom. The molecule has 1 heterocycles. The second-order valence-corrected chi connectivity index (χ2v) is 7.96. The molecule has 0 radical (unpaired) electrons. The van der Waals surface area contributed by atoms with Crippen molar-refractivity contribution >= 4 is 35.6 Å². The van der Waals surface area contributed by atoms with Gasteiger partial charge in [0.25, 0.3) is 0 Å². The summed E-state index contributed by atoms with van der Waals surface area (Å²) in [5, 5.41) is 32.6. The molecule has 1 saturated heterocycles. The highest BCUT2D eigenvalue weighted by molar-refractivity contribution is 5.95. The van der Waals surface area contributed by atoms with Gasteiger partial charge in [-0.3, -0.25) is 24.2 Å². The van der Waals surface area contributed by atoms with Crippen LogP contribution < -0.4 is 27.8 Å². The van der Waals surface area contributed by atoms with Gasteiger partial charge in [0.15, 0.2) is 5.96 Å². The SMILES string of the molecule is CC(O)C(N)C(=O)NC(CC(=O)O)C(=O)NC(CCCN=C(N)N)C(=O)N1CCCC1C(=O)O. The van der Waals surface area contributed by atoms with E-state index in [4.69, 9.17) is 22.3 Å². The van der Waals surface area contributed by atoms with E-state index < -0.39 is 66.4 Å². The lowest BCUT2D eigenvalue weighted by Gasteiger charge is -2.28. The van der Waals surface area contributed by atoms with E-state index in [1.165, 1.54) is 6.92 Å². The van der Waals surface area contributed by atoms with E-state index in [0.717, 1.165) is 4.90 Å². The zero-order chi connectivity index (χ0) is 26.0. The summed E-state index contributed by atoms with van der Waals surface area (Å²) < 4.78 is 0. The Hall–Kier alpha value is -3.46. The first-order valence-corrected chi connectivity index (χ1v) is 10.7. The molecule has 0 saturated carbocycles. The molecule has 5 unspecified atom stereocenters. The number of aliphatic hydroxyl groups is 1. The number of hydrogen-bond donors (Lipinski definition) is 8. The zero-order valence-electron chi connectivity index (χ0n) is 18.8. The number of nitrogens with two attached hydrogens (primary N) is 3. The summed E-state index contributed by atoms with van der Waals surface area (Å²) in [6, 6.07) is -5.29. The summed E-state index contributed by atoms with van der Waals surface area (Å²) in [6.07, 6.45) is -1.10. The number of nitrogens with zero attached hydrogens (tertiary/aromatic N) is 2. The van der Waals surface area contributed by atoms with Crippen LogP contribution >= 0.6 is 0 Å². The number of rotatable bonds is 13. The van der Waals surface area contributed by atoms with Crippen LogP contribution in [0.2, 0.25) is 0 Å². The second kappa shape index (κ2) is 13.3. The van der Waals surface area contributed by atoms with Crippen LogP contribution in [0.3, 0.4) is 0 Å². The van der Waals surface area contributed by atoms with E-state index in [2.05, 4.69) is 15.6 Å². The summed E-state index contributed by atoms with van der Waals surface area (Å²) in [5.74, 6) is -5.37. The lowest BCUT2D eigenvalue weighted by Crippen LogP contribution is -2.58. The minimum Gasteiger partial charge on any atom is -0.481 e. The van der Waals surface area contributed by atoms with Gasteiger partial charge in [-0.25, -0.2) is 4.79 Å². The number of amides is 3. The van der Waals surface area contributed by atoms with Crippen LogP contribution in [0.25, 0.3) is 0 Å². The third-order valence-electron chi connectivity index (χ3n) is 5.22. The van der Waals surface area contributed by atoms with Crippen molar-refractivity contribution in [3.63, 3.8) is 0 Å². The molecule has 0 aromatic carbocycles. The Kier molecular flexibility index (Phi) is 11.2. The Labute approximate surface area is 195 Å². The van der Waals surface area contributed by atoms with Crippen LogP contribution in [0.4, 0.5) is 0 Å². The van der Waals surface area contributed by atoms with Crippen molar-refractivity contribution in [2.24, 2.45) is 22.2 Å². The maximum absolute atomic E-state index is 13.1. The number of guanidine groups is 1. The fraction of sp³-hybridized carbons (Fsp3) is 0.684. The summed E-state index contributed by atoms with van der Waals surface area (Å²) in [7, 11) is 0. The number of carbonyl (C=O) groups excluding carboxylic acids is 3. The van der Waals surface area contributed by atoms with Gasteiger partial charge in [0, 0.05) is 13.1 Å². The molecule has 5 atom stereocenters. The van der Waals surface area contributed by atoms with Gasteiger partial charge in [-0.1, -0.05) is 0 Å². The molecule has 15 heteroatoms. The van der Waals surface area contributed by atoms with Gasteiger partial charge in [0.1, 0.15) is 24.2 Å². The van der Waals surface area contributed by atoms with Crippen LogP contribution in [0, 0.1) is 0 Å². The normalized spacial score (nSPS) is 18.8. The van der Waals surface area contributed by atoms with Gasteiger partial charge >= 0.3 is 11.9 Å². The molecule has 0 aliphatic carbocycles. The topological polar surface area (TPSA) is 264 Å². The summed E-state index contributed by atoms with van der Waals surface area (Å²) in [4.78, 5) is 65.8. The van der Waals surface area contributed by atoms with E-state index in [-0.39, 0.29) is 38.3 Å². The first-order valence-electron chi connectivity index (χ1n) is 10.7. The van der Waals surface area contributed by atoms with E-state index in [1.807, 2.05) is 0 Å². The molecule has 34 heavy (non-hydrogen) atoms. The first kappa shape index (κ1) is 28.6. The molecule has 0 aromatic rings. The minimum absolute atomic E-state index is 0.0190. The van der Waals surface area contributed by atoms with Crippen molar-refractivity contribution in [2.45, 2.75) is 69.3 Å². The minimum atomic E-state index is -1.60. The molecular weight excluding hydrogens is 454 g/mol. The smallest absolute Gasteiger partial charge is 0.326 e. The highest BCUT2D eigenvalue weighted by Gasteiger charge is 2.38. The van der Waals surface area contributed by atoms with E-state index in [9.17, 15) is 34.2 Å². The zero-order valence-corrected chi connectivity index (χ0v) is 18.8. The monoisotopic (exact) mass is 487 g/mol. The van der Waals surface area contributed by atoms with Crippen molar-refractivity contribution in [2.75, 3.05) is 13.1 Å². The fourth-order valence-corrected chi connectivity index (χ4v) is 3.39. The van der Waals surface area contributed by atoms with Gasteiger partial charge < -0.3 is 48.1 Å². The number of likely N-dealkylation sites (tertiary alicyclic amines) is 1. The summed E-state index contributed by atoms with van der Waals surface area (Å²) in [6.45, 7) is 1.55. The highest BCUT2D eigenvalue weighted by Crippen LogP contribution is 2.19. The van der Waals surface area contributed by atoms with Gasteiger partial charge in [-0.15, -0.1) is 0 Å². The van der Waals surface area contributed by atoms with E-state index >= 15 is 0 Å². The Morgan fingerprint density at radius 3 is 2.24 bits per heavy atom. The van der Waals surface area contributed by atoms with Gasteiger partial charge in [0.05, 0.1) is 12.5 Å².